The van der Waals surface area contributed by atoms with E-state index in [1.165, 1.54) is 0 Å². The summed E-state index contributed by atoms with van der Waals surface area (Å²) < 4.78 is 1.76. The first kappa shape index (κ1) is 14.1. The summed E-state index contributed by atoms with van der Waals surface area (Å²) in [7, 11) is 3.87. The summed E-state index contributed by atoms with van der Waals surface area (Å²) in [5.41, 5.74) is 2.22. The summed E-state index contributed by atoms with van der Waals surface area (Å²) in [4.78, 5) is 17.0. The zero-order valence-electron chi connectivity index (χ0n) is 10.5. The first-order valence-electron chi connectivity index (χ1n) is 5.59. The van der Waals surface area contributed by atoms with Crippen molar-refractivity contribution in [3.63, 3.8) is 0 Å². The molecule has 0 unspecified atom stereocenters. The second kappa shape index (κ2) is 5.79. The zero-order valence-corrected chi connectivity index (χ0v) is 13.7. The van der Waals surface area contributed by atoms with Crippen molar-refractivity contribution < 1.29 is 4.79 Å². The first-order valence-corrected chi connectivity index (χ1v) is 7.18. The highest BCUT2D eigenvalue weighted by Crippen LogP contribution is 2.28. The summed E-state index contributed by atoms with van der Waals surface area (Å²) in [5, 5.41) is 2.90. The number of nitrogens with zero attached hydrogens (tertiary/aromatic N) is 1. The van der Waals surface area contributed by atoms with E-state index < -0.39 is 0 Å². The molecule has 0 bridgehead atoms. The minimum absolute atomic E-state index is 0.174. The highest BCUT2D eigenvalue weighted by atomic mass is 79.9. The number of H-pyrrole nitrogens is 1. The minimum Gasteiger partial charge on any atom is -0.376 e. The SMILES string of the molecule is CN(C)c1ccc(Br)cc1NC(=O)c1cc(Br)c[nH]1. The quantitative estimate of drug-likeness (QED) is 0.841. The molecular weight excluding hydrogens is 374 g/mol. The normalized spacial score (nSPS) is 10.3. The number of carbonyl (C=O) groups excluding carboxylic acids is 1. The minimum atomic E-state index is -0.174. The molecule has 4 nitrogen and oxygen atoms in total. The van der Waals surface area contributed by atoms with Gasteiger partial charge >= 0.3 is 0 Å². The van der Waals surface area contributed by atoms with Crippen molar-refractivity contribution >= 4 is 49.1 Å². The topological polar surface area (TPSA) is 48.1 Å². The molecule has 0 aliphatic carbocycles. The Morgan fingerprint density at radius 1 is 1.21 bits per heavy atom. The fourth-order valence-electron chi connectivity index (χ4n) is 1.69. The molecule has 0 atom stereocenters. The lowest BCUT2D eigenvalue weighted by atomic mass is 10.2. The fraction of sp³-hybridized carbons (Fsp3) is 0.154. The second-order valence-corrected chi connectivity index (χ2v) is 6.07. The highest BCUT2D eigenvalue weighted by Gasteiger charge is 2.12. The highest BCUT2D eigenvalue weighted by molar-refractivity contribution is 9.10. The van der Waals surface area contributed by atoms with Gasteiger partial charge in [-0.05, 0) is 40.2 Å². The van der Waals surface area contributed by atoms with Gasteiger partial charge in [-0.25, -0.2) is 0 Å². The number of aromatic nitrogens is 1. The van der Waals surface area contributed by atoms with Crippen molar-refractivity contribution in [1.82, 2.24) is 4.98 Å². The predicted octanol–water partition coefficient (Wildman–Crippen LogP) is 3.86. The Kier molecular flexibility index (Phi) is 4.31. The van der Waals surface area contributed by atoms with Gasteiger partial charge in [0, 0.05) is 29.2 Å². The molecule has 0 aliphatic rings. The van der Waals surface area contributed by atoms with E-state index in [-0.39, 0.29) is 5.91 Å². The van der Waals surface area contributed by atoms with Gasteiger partial charge in [0.15, 0.2) is 0 Å². The van der Waals surface area contributed by atoms with Crippen molar-refractivity contribution in [3.05, 3.63) is 45.1 Å². The van der Waals surface area contributed by atoms with Crippen LogP contribution in [0.25, 0.3) is 0 Å². The van der Waals surface area contributed by atoms with E-state index in [1.807, 2.05) is 37.2 Å². The summed E-state index contributed by atoms with van der Waals surface area (Å²) in [6.07, 6.45) is 1.72. The molecule has 0 aliphatic heterocycles. The second-order valence-electron chi connectivity index (χ2n) is 4.24. The molecule has 0 saturated heterocycles. The Labute approximate surface area is 128 Å². The Morgan fingerprint density at radius 2 is 1.95 bits per heavy atom. The molecule has 0 fully saturated rings. The third kappa shape index (κ3) is 3.39. The van der Waals surface area contributed by atoms with Crippen LogP contribution < -0.4 is 10.2 Å². The number of carbonyl (C=O) groups is 1. The third-order valence-corrected chi connectivity index (χ3v) is 3.53. The van der Waals surface area contributed by atoms with E-state index in [1.54, 1.807) is 12.3 Å². The number of benzene rings is 1. The molecule has 19 heavy (non-hydrogen) atoms. The van der Waals surface area contributed by atoms with Crippen molar-refractivity contribution in [2.45, 2.75) is 0 Å². The lowest BCUT2D eigenvalue weighted by Gasteiger charge is -2.18. The van der Waals surface area contributed by atoms with Crippen LogP contribution in [-0.4, -0.2) is 25.0 Å². The molecule has 0 spiro atoms. The fourth-order valence-corrected chi connectivity index (χ4v) is 2.39. The summed E-state index contributed by atoms with van der Waals surface area (Å²) in [5.74, 6) is -0.174. The van der Waals surface area contributed by atoms with Gasteiger partial charge in [-0.1, -0.05) is 15.9 Å². The average Bonchev–Trinajstić information content (AvgIpc) is 2.75. The number of hydrogen-bond donors (Lipinski definition) is 2. The van der Waals surface area contributed by atoms with E-state index in [9.17, 15) is 4.79 Å². The van der Waals surface area contributed by atoms with Crippen molar-refractivity contribution in [2.75, 3.05) is 24.3 Å². The molecule has 1 amide bonds. The van der Waals surface area contributed by atoms with Gasteiger partial charge in [-0.2, -0.15) is 0 Å². The van der Waals surface area contributed by atoms with Crippen LogP contribution in [-0.2, 0) is 0 Å². The molecular formula is C13H13Br2N3O. The third-order valence-electron chi connectivity index (χ3n) is 2.58. The molecule has 2 rings (SSSR count). The van der Waals surface area contributed by atoms with Crippen LogP contribution in [0.1, 0.15) is 10.5 Å². The zero-order chi connectivity index (χ0) is 14.0. The molecule has 1 aromatic carbocycles. The van der Waals surface area contributed by atoms with Crippen LogP contribution in [0.4, 0.5) is 11.4 Å². The van der Waals surface area contributed by atoms with Crippen LogP contribution >= 0.6 is 31.9 Å². The van der Waals surface area contributed by atoms with Gasteiger partial charge in [0.2, 0.25) is 0 Å². The molecule has 2 aromatic rings. The molecule has 0 saturated carbocycles. The van der Waals surface area contributed by atoms with Crippen LogP contribution in [0.15, 0.2) is 39.4 Å². The number of halogens is 2. The summed E-state index contributed by atoms with van der Waals surface area (Å²) >= 11 is 6.72. The van der Waals surface area contributed by atoms with Crippen molar-refractivity contribution in [3.8, 4) is 0 Å². The number of rotatable bonds is 3. The Morgan fingerprint density at radius 3 is 2.53 bits per heavy atom. The maximum atomic E-state index is 12.1. The Bertz CT molecular complexity index is 608. The van der Waals surface area contributed by atoms with Gasteiger partial charge in [0.05, 0.1) is 11.4 Å². The number of anilines is 2. The van der Waals surface area contributed by atoms with Gasteiger partial charge in [0.25, 0.3) is 5.91 Å². The molecule has 100 valence electrons. The lowest BCUT2D eigenvalue weighted by molar-refractivity contribution is 0.102. The summed E-state index contributed by atoms with van der Waals surface area (Å²) in [6, 6.07) is 7.51. The Hall–Kier alpha value is -1.27. The van der Waals surface area contributed by atoms with E-state index in [4.69, 9.17) is 0 Å². The van der Waals surface area contributed by atoms with Crippen LogP contribution in [0.2, 0.25) is 0 Å². The molecule has 1 aromatic heterocycles. The number of amides is 1. The largest absolute Gasteiger partial charge is 0.376 e. The molecule has 6 heteroatoms. The number of nitrogens with one attached hydrogen (secondary N) is 2. The van der Waals surface area contributed by atoms with E-state index in [2.05, 4.69) is 42.2 Å². The standard InChI is InChI=1S/C13H13Br2N3O/c1-18(2)12-4-3-8(14)5-10(12)17-13(19)11-6-9(15)7-16-11/h3-7,16H,1-2H3,(H,17,19). The van der Waals surface area contributed by atoms with Crippen LogP contribution in [0, 0.1) is 0 Å². The number of hydrogen-bond acceptors (Lipinski definition) is 2. The van der Waals surface area contributed by atoms with Crippen molar-refractivity contribution in [1.29, 1.82) is 0 Å². The maximum Gasteiger partial charge on any atom is 0.272 e. The maximum absolute atomic E-state index is 12.1. The molecule has 2 N–H and O–H groups in total. The Balaban J connectivity index is 2.27. The molecule has 1 heterocycles. The van der Waals surface area contributed by atoms with Crippen molar-refractivity contribution in [2.24, 2.45) is 0 Å². The van der Waals surface area contributed by atoms with Gasteiger partial charge < -0.3 is 15.2 Å². The van der Waals surface area contributed by atoms with Gasteiger partial charge in [-0.3, -0.25) is 4.79 Å². The van der Waals surface area contributed by atoms with E-state index in [0.29, 0.717) is 5.69 Å². The monoisotopic (exact) mass is 385 g/mol. The van der Waals surface area contributed by atoms with Crippen LogP contribution in [0.3, 0.4) is 0 Å². The van der Waals surface area contributed by atoms with Gasteiger partial charge in [0.1, 0.15) is 5.69 Å². The van der Waals surface area contributed by atoms with Gasteiger partial charge in [-0.15, -0.1) is 0 Å². The molecule has 0 radical (unpaired) electrons. The first-order chi connectivity index (χ1) is 8.97. The van der Waals surface area contributed by atoms with Crippen LogP contribution in [0.5, 0.6) is 0 Å². The number of aromatic amines is 1. The summed E-state index contributed by atoms with van der Waals surface area (Å²) in [6.45, 7) is 0. The average molecular weight is 387 g/mol. The van der Waals surface area contributed by atoms with E-state index >= 15 is 0 Å². The smallest absolute Gasteiger partial charge is 0.272 e. The lowest BCUT2D eigenvalue weighted by Crippen LogP contribution is -2.17. The van der Waals surface area contributed by atoms with E-state index in [0.717, 1.165) is 20.3 Å². The predicted molar refractivity (Wildman–Crippen MR) is 84.9 cm³/mol.